The fourth-order valence-corrected chi connectivity index (χ4v) is 4.93. The number of fused-ring (bicyclic) bond motifs is 1. The first-order chi connectivity index (χ1) is 17.0. The third-order valence-electron chi connectivity index (χ3n) is 6.83. The fourth-order valence-electron chi connectivity index (χ4n) is 4.93. The van der Waals surface area contributed by atoms with E-state index in [1.807, 2.05) is 6.07 Å². The van der Waals surface area contributed by atoms with E-state index in [0.29, 0.717) is 60.0 Å². The van der Waals surface area contributed by atoms with Crippen LogP contribution in [0.3, 0.4) is 0 Å². The molecule has 4 rings (SSSR count). The summed E-state index contributed by atoms with van der Waals surface area (Å²) in [7, 11) is 1.55. The Morgan fingerprint density at radius 1 is 1.17 bits per heavy atom. The zero-order valence-electron chi connectivity index (χ0n) is 20.1. The molecular weight excluding hydrogens is 478 g/mol. The highest BCUT2D eigenvalue weighted by Gasteiger charge is 2.35. The van der Waals surface area contributed by atoms with Crippen molar-refractivity contribution in [2.45, 2.75) is 57.7 Å². The Morgan fingerprint density at radius 3 is 2.47 bits per heavy atom. The van der Waals surface area contributed by atoms with Crippen LogP contribution in [-0.2, 0) is 11.0 Å². The van der Waals surface area contributed by atoms with Crippen LogP contribution in [0.4, 0.5) is 23.4 Å². The number of nitrogens with zero attached hydrogens (tertiary/aromatic N) is 2. The molecule has 6 nitrogen and oxygen atoms in total. The minimum atomic E-state index is -4.80. The molecule has 36 heavy (non-hydrogen) atoms. The molecule has 0 bridgehead atoms. The van der Waals surface area contributed by atoms with Crippen LogP contribution >= 0.6 is 0 Å². The van der Waals surface area contributed by atoms with Gasteiger partial charge in [0.1, 0.15) is 23.2 Å². The standard InChI is InChI=1S/C26H27F4N3O3/c1-13(17-5-4-6-20(23(17)27)26(28,29)30)31-24-19-11-18(15-7-9-16(10-8-15)25(34)35)22(36-3)12-21(19)32-14(2)33-24/h4-6,11-13,15-16H,7-10H2,1-3H3,(H,34,35)(H,31,32,33)/t13-,15-,16-/m1/s1. The maximum Gasteiger partial charge on any atom is 0.419 e. The molecule has 3 aromatic rings. The summed E-state index contributed by atoms with van der Waals surface area (Å²) in [5.41, 5.74) is 0.0140. The zero-order chi connectivity index (χ0) is 26.2. The first kappa shape index (κ1) is 25.7. The Bertz CT molecular complexity index is 1290. The summed E-state index contributed by atoms with van der Waals surface area (Å²) < 4.78 is 60.0. The van der Waals surface area contributed by atoms with Gasteiger partial charge in [0.05, 0.1) is 30.1 Å². The maximum atomic E-state index is 14.8. The molecule has 1 aromatic heterocycles. The number of ether oxygens (including phenoxy) is 1. The Kier molecular flexibility index (Phi) is 7.06. The number of carboxylic acids is 1. The van der Waals surface area contributed by atoms with Crippen molar-refractivity contribution in [1.82, 2.24) is 9.97 Å². The number of aliphatic carboxylic acids is 1. The number of halogens is 4. The van der Waals surface area contributed by atoms with Gasteiger partial charge in [-0.05, 0) is 63.1 Å². The van der Waals surface area contributed by atoms with E-state index < -0.39 is 29.6 Å². The van der Waals surface area contributed by atoms with Crippen molar-refractivity contribution in [2.24, 2.45) is 5.92 Å². The number of nitrogens with one attached hydrogen (secondary N) is 1. The third kappa shape index (κ3) is 5.08. The van der Waals surface area contributed by atoms with Gasteiger partial charge in [-0.3, -0.25) is 4.79 Å². The second-order valence-electron chi connectivity index (χ2n) is 9.19. The number of aromatic nitrogens is 2. The topological polar surface area (TPSA) is 84.3 Å². The number of benzene rings is 2. The minimum absolute atomic E-state index is 0.0763. The summed E-state index contributed by atoms with van der Waals surface area (Å²) in [6, 6.07) is 6.06. The number of hydrogen-bond donors (Lipinski definition) is 2. The largest absolute Gasteiger partial charge is 0.496 e. The van der Waals surface area contributed by atoms with E-state index in [2.05, 4.69) is 15.3 Å². The van der Waals surface area contributed by atoms with E-state index in [0.717, 1.165) is 5.56 Å². The van der Waals surface area contributed by atoms with Crippen LogP contribution in [0.1, 0.15) is 67.1 Å². The number of hydrogen-bond acceptors (Lipinski definition) is 5. The molecule has 2 aromatic carbocycles. The van der Waals surface area contributed by atoms with Gasteiger partial charge in [-0.15, -0.1) is 0 Å². The lowest BCUT2D eigenvalue weighted by atomic mass is 9.78. The van der Waals surface area contributed by atoms with Gasteiger partial charge in [0.15, 0.2) is 0 Å². The van der Waals surface area contributed by atoms with Crippen LogP contribution in [-0.4, -0.2) is 28.2 Å². The molecule has 0 unspecified atom stereocenters. The van der Waals surface area contributed by atoms with Crippen molar-refractivity contribution < 1.29 is 32.2 Å². The Labute approximate surface area is 205 Å². The molecule has 192 valence electrons. The van der Waals surface area contributed by atoms with Crippen molar-refractivity contribution in [2.75, 3.05) is 12.4 Å². The van der Waals surface area contributed by atoms with Crippen molar-refractivity contribution in [3.05, 3.63) is 58.7 Å². The number of aryl methyl sites for hydroxylation is 1. The van der Waals surface area contributed by atoms with E-state index in [4.69, 9.17) is 4.74 Å². The van der Waals surface area contributed by atoms with E-state index in [9.17, 15) is 27.5 Å². The van der Waals surface area contributed by atoms with Crippen LogP contribution in [0, 0.1) is 18.7 Å². The van der Waals surface area contributed by atoms with Crippen molar-refractivity contribution in [1.29, 1.82) is 0 Å². The molecule has 2 N–H and O–H groups in total. The molecule has 0 aliphatic heterocycles. The van der Waals surface area contributed by atoms with Gasteiger partial charge in [0.25, 0.3) is 0 Å². The molecule has 1 aliphatic carbocycles. The Morgan fingerprint density at radius 2 is 1.86 bits per heavy atom. The maximum absolute atomic E-state index is 14.8. The Hall–Kier alpha value is -3.43. The van der Waals surface area contributed by atoms with Gasteiger partial charge in [0, 0.05) is 17.0 Å². The summed E-state index contributed by atoms with van der Waals surface area (Å²) >= 11 is 0. The molecular formula is C26H27F4N3O3. The average Bonchev–Trinajstić information content (AvgIpc) is 2.82. The van der Waals surface area contributed by atoms with Gasteiger partial charge >= 0.3 is 12.1 Å². The van der Waals surface area contributed by atoms with Gasteiger partial charge in [-0.1, -0.05) is 12.1 Å². The van der Waals surface area contributed by atoms with Crippen LogP contribution in [0.2, 0.25) is 0 Å². The first-order valence-electron chi connectivity index (χ1n) is 11.7. The van der Waals surface area contributed by atoms with E-state index >= 15 is 0 Å². The minimum Gasteiger partial charge on any atom is -0.496 e. The molecule has 0 amide bonds. The molecule has 1 fully saturated rings. The van der Waals surface area contributed by atoms with Crippen LogP contribution in [0.15, 0.2) is 30.3 Å². The van der Waals surface area contributed by atoms with Crippen LogP contribution in [0.5, 0.6) is 5.75 Å². The number of carboxylic acid groups (broad SMARTS) is 1. The molecule has 1 aliphatic rings. The molecule has 0 spiro atoms. The quantitative estimate of drug-likeness (QED) is 0.366. The Balaban J connectivity index is 1.72. The lowest BCUT2D eigenvalue weighted by Crippen LogP contribution is -2.20. The van der Waals surface area contributed by atoms with E-state index in [1.54, 1.807) is 27.0 Å². The number of carbonyl (C=O) groups is 1. The smallest absolute Gasteiger partial charge is 0.419 e. The van der Waals surface area contributed by atoms with Crippen molar-refractivity contribution in [3.63, 3.8) is 0 Å². The van der Waals surface area contributed by atoms with Crippen LogP contribution < -0.4 is 10.1 Å². The first-order valence-corrected chi connectivity index (χ1v) is 11.7. The predicted octanol–water partition coefficient (Wildman–Crippen LogP) is 6.64. The monoisotopic (exact) mass is 505 g/mol. The summed E-state index contributed by atoms with van der Waals surface area (Å²) in [5.74, 6) is -0.972. The van der Waals surface area contributed by atoms with Gasteiger partial charge in [-0.2, -0.15) is 13.2 Å². The van der Waals surface area contributed by atoms with Crippen LogP contribution in [0.25, 0.3) is 10.9 Å². The number of methoxy groups -OCH3 is 1. The highest BCUT2D eigenvalue weighted by molar-refractivity contribution is 5.91. The van der Waals surface area contributed by atoms with Gasteiger partial charge in [0.2, 0.25) is 0 Å². The van der Waals surface area contributed by atoms with E-state index in [1.165, 1.54) is 12.1 Å². The summed E-state index contributed by atoms with van der Waals surface area (Å²) in [4.78, 5) is 20.3. The number of alkyl halides is 3. The zero-order valence-corrected chi connectivity index (χ0v) is 20.1. The fraction of sp³-hybridized carbons (Fsp3) is 0.423. The lowest BCUT2D eigenvalue weighted by molar-refractivity contribution is -0.143. The van der Waals surface area contributed by atoms with E-state index in [-0.39, 0.29) is 17.4 Å². The third-order valence-corrected chi connectivity index (χ3v) is 6.83. The average molecular weight is 506 g/mol. The lowest BCUT2D eigenvalue weighted by Gasteiger charge is -2.28. The SMILES string of the molecule is COc1cc2nc(C)nc(N[C@H](C)c3cccc(C(F)(F)F)c3F)c2cc1[C@H]1CC[C@H](C(=O)O)CC1. The molecule has 1 heterocycles. The van der Waals surface area contributed by atoms with Gasteiger partial charge < -0.3 is 15.2 Å². The predicted molar refractivity (Wildman–Crippen MR) is 127 cm³/mol. The normalized spacial score (nSPS) is 19.2. The van der Waals surface area contributed by atoms with Crippen molar-refractivity contribution >= 4 is 22.7 Å². The second-order valence-corrected chi connectivity index (χ2v) is 9.19. The summed E-state index contributed by atoms with van der Waals surface area (Å²) in [6.07, 6.45) is -2.32. The number of rotatable bonds is 6. The highest BCUT2D eigenvalue weighted by atomic mass is 19.4. The molecule has 0 radical (unpaired) electrons. The van der Waals surface area contributed by atoms with Crippen molar-refractivity contribution in [3.8, 4) is 5.75 Å². The van der Waals surface area contributed by atoms with Gasteiger partial charge in [-0.25, -0.2) is 14.4 Å². The second kappa shape index (κ2) is 9.91. The number of anilines is 1. The highest BCUT2D eigenvalue weighted by Crippen LogP contribution is 2.42. The molecule has 1 atom stereocenters. The summed E-state index contributed by atoms with van der Waals surface area (Å²) in [6.45, 7) is 3.26. The summed E-state index contributed by atoms with van der Waals surface area (Å²) in [5, 5.41) is 13.0. The molecule has 10 heteroatoms. The molecule has 0 saturated heterocycles. The molecule has 1 saturated carbocycles.